The normalized spacial score (nSPS) is 10.5. The zero-order chi connectivity index (χ0) is 7.40. The minimum absolute atomic E-state index is 0.275. The first-order valence-electron chi connectivity index (χ1n) is 3.04. The summed E-state index contributed by atoms with van der Waals surface area (Å²) < 4.78 is 0. The van der Waals surface area contributed by atoms with Crippen LogP contribution in [0, 0.1) is 0 Å². The number of hydrogen-bond donors (Lipinski definition) is 1. The van der Waals surface area contributed by atoms with E-state index in [9.17, 15) is 0 Å². The van der Waals surface area contributed by atoms with Crippen molar-refractivity contribution in [1.82, 2.24) is 0 Å². The predicted octanol–water partition coefficient (Wildman–Crippen LogP) is 1.44. The highest BCUT2D eigenvalue weighted by Crippen LogP contribution is 2.08. The number of hydrogen-bond acceptors (Lipinski definition) is 2. The second-order valence-corrected chi connectivity index (χ2v) is 1.98. The van der Waals surface area contributed by atoms with Crippen LogP contribution in [0.2, 0.25) is 0 Å². The Kier molecular flexibility index (Phi) is 2.05. The van der Waals surface area contributed by atoms with Gasteiger partial charge in [-0.1, -0.05) is 12.1 Å². The monoisotopic (exact) mass is 135 g/mol. The van der Waals surface area contributed by atoms with E-state index in [1.807, 2.05) is 6.07 Å². The van der Waals surface area contributed by atoms with Crippen molar-refractivity contribution in [2.24, 2.45) is 4.99 Å². The van der Waals surface area contributed by atoms with Gasteiger partial charge in [0.2, 0.25) is 0 Å². The molecule has 0 saturated carbocycles. The van der Waals surface area contributed by atoms with Crippen molar-refractivity contribution in [1.29, 1.82) is 0 Å². The summed E-state index contributed by atoms with van der Waals surface area (Å²) in [5, 5.41) is 8.98. The van der Waals surface area contributed by atoms with Crippen LogP contribution in [0.1, 0.15) is 5.56 Å². The van der Waals surface area contributed by atoms with Gasteiger partial charge in [0.25, 0.3) is 0 Å². The van der Waals surface area contributed by atoms with E-state index in [1.165, 1.54) is 0 Å². The highest BCUT2D eigenvalue weighted by Gasteiger charge is 1.87. The third-order valence-electron chi connectivity index (χ3n) is 1.15. The number of phenols is 1. The molecule has 1 N–H and O–H groups in total. The molecule has 0 aliphatic carbocycles. The number of aromatic hydroxyl groups is 1. The smallest absolute Gasteiger partial charge is 0.116 e. The molecule has 0 aliphatic rings. The second-order valence-electron chi connectivity index (χ2n) is 1.98. The lowest BCUT2D eigenvalue weighted by atomic mass is 10.2. The van der Waals surface area contributed by atoms with E-state index in [2.05, 4.69) is 4.99 Å². The van der Waals surface area contributed by atoms with Gasteiger partial charge in [0.15, 0.2) is 0 Å². The minimum atomic E-state index is 0.275. The third-order valence-corrected chi connectivity index (χ3v) is 1.15. The van der Waals surface area contributed by atoms with Crippen molar-refractivity contribution in [3.8, 4) is 5.75 Å². The zero-order valence-electron chi connectivity index (χ0n) is 5.78. The maximum atomic E-state index is 8.98. The Labute approximate surface area is 59.9 Å². The molecule has 52 valence electrons. The molecular weight excluding hydrogens is 126 g/mol. The molecule has 0 atom stereocenters. The summed E-state index contributed by atoms with van der Waals surface area (Å²) in [6.07, 6.45) is 1.69. The summed E-state index contributed by atoms with van der Waals surface area (Å²) in [5.41, 5.74) is 0.919. The minimum Gasteiger partial charge on any atom is -0.508 e. The fraction of sp³-hybridized carbons (Fsp3) is 0.125. The summed E-state index contributed by atoms with van der Waals surface area (Å²) in [5.74, 6) is 0.275. The molecule has 1 rings (SSSR count). The van der Waals surface area contributed by atoms with Crippen molar-refractivity contribution in [2.45, 2.75) is 0 Å². The van der Waals surface area contributed by atoms with Gasteiger partial charge in [-0.15, -0.1) is 0 Å². The predicted molar refractivity (Wildman–Crippen MR) is 41.6 cm³/mol. The third kappa shape index (κ3) is 1.58. The SMILES string of the molecule is C/N=C\c1cccc(O)c1. The maximum Gasteiger partial charge on any atom is 0.116 e. The van der Waals surface area contributed by atoms with Crippen molar-refractivity contribution in [3.05, 3.63) is 29.8 Å². The number of phenolic OH excluding ortho intramolecular Hbond substituents is 1. The molecule has 0 heterocycles. The lowest BCUT2D eigenvalue weighted by molar-refractivity contribution is 0.475. The Bertz CT molecular complexity index is 243. The molecule has 0 fully saturated rings. The van der Waals surface area contributed by atoms with Crippen LogP contribution in [-0.2, 0) is 0 Å². The van der Waals surface area contributed by atoms with Crippen molar-refractivity contribution in [2.75, 3.05) is 7.05 Å². The number of nitrogens with zero attached hydrogens (tertiary/aromatic N) is 1. The van der Waals surface area contributed by atoms with Crippen LogP contribution in [0.4, 0.5) is 0 Å². The lowest BCUT2D eigenvalue weighted by Crippen LogP contribution is -1.77. The Hall–Kier alpha value is -1.31. The largest absolute Gasteiger partial charge is 0.508 e. The maximum absolute atomic E-state index is 8.98. The van der Waals surface area contributed by atoms with Crippen LogP contribution in [-0.4, -0.2) is 18.4 Å². The number of benzene rings is 1. The molecule has 0 spiro atoms. The van der Waals surface area contributed by atoms with Gasteiger partial charge in [0, 0.05) is 13.3 Å². The van der Waals surface area contributed by atoms with Gasteiger partial charge >= 0.3 is 0 Å². The van der Waals surface area contributed by atoms with E-state index < -0.39 is 0 Å². The van der Waals surface area contributed by atoms with Gasteiger partial charge in [-0.05, 0) is 17.7 Å². The molecule has 0 saturated heterocycles. The molecule has 0 aromatic heterocycles. The van der Waals surface area contributed by atoms with Gasteiger partial charge in [0.1, 0.15) is 5.75 Å². The first-order valence-corrected chi connectivity index (χ1v) is 3.04. The summed E-state index contributed by atoms with van der Waals surface area (Å²) >= 11 is 0. The van der Waals surface area contributed by atoms with Crippen molar-refractivity contribution < 1.29 is 5.11 Å². The molecule has 0 aliphatic heterocycles. The van der Waals surface area contributed by atoms with Gasteiger partial charge in [-0.3, -0.25) is 4.99 Å². The molecule has 0 bridgehead atoms. The summed E-state index contributed by atoms with van der Waals surface area (Å²) in [4.78, 5) is 3.81. The first-order chi connectivity index (χ1) is 4.83. The number of rotatable bonds is 1. The highest BCUT2D eigenvalue weighted by atomic mass is 16.3. The topological polar surface area (TPSA) is 32.6 Å². The lowest BCUT2D eigenvalue weighted by Gasteiger charge is -1.91. The average molecular weight is 135 g/mol. The Morgan fingerprint density at radius 2 is 2.30 bits per heavy atom. The van der Waals surface area contributed by atoms with E-state index in [1.54, 1.807) is 31.5 Å². The van der Waals surface area contributed by atoms with Gasteiger partial charge in [0.05, 0.1) is 0 Å². The van der Waals surface area contributed by atoms with Crippen LogP contribution in [0.25, 0.3) is 0 Å². The molecule has 1 aromatic carbocycles. The van der Waals surface area contributed by atoms with Crippen molar-refractivity contribution in [3.63, 3.8) is 0 Å². The molecule has 2 nitrogen and oxygen atoms in total. The summed E-state index contributed by atoms with van der Waals surface area (Å²) in [6, 6.07) is 6.96. The van der Waals surface area contributed by atoms with Gasteiger partial charge in [-0.2, -0.15) is 0 Å². The Morgan fingerprint density at radius 1 is 1.50 bits per heavy atom. The fourth-order valence-electron chi connectivity index (χ4n) is 0.754. The molecule has 10 heavy (non-hydrogen) atoms. The van der Waals surface area contributed by atoms with E-state index in [4.69, 9.17) is 5.11 Å². The average Bonchev–Trinajstić information content (AvgIpc) is 1.88. The number of aliphatic imine (C=N–C) groups is 1. The Morgan fingerprint density at radius 3 is 2.90 bits per heavy atom. The van der Waals surface area contributed by atoms with Crippen LogP contribution in [0.3, 0.4) is 0 Å². The molecule has 0 unspecified atom stereocenters. The van der Waals surface area contributed by atoms with Crippen LogP contribution < -0.4 is 0 Å². The van der Waals surface area contributed by atoms with E-state index >= 15 is 0 Å². The van der Waals surface area contributed by atoms with Crippen molar-refractivity contribution >= 4 is 6.21 Å². The fourth-order valence-corrected chi connectivity index (χ4v) is 0.754. The van der Waals surface area contributed by atoms with Gasteiger partial charge in [-0.25, -0.2) is 0 Å². The van der Waals surface area contributed by atoms with E-state index in [-0.39, 0.29) is 5.75 Å². The standard InChI is InChI=1S/C8H9NO/c1-9-6-7-3-2-4-8(10)5-7/h2-6,10H,1H3/b9-6-. The molecule has 1 aromatic rings. The molecule has 2 heteroatoms. The van der Waals surface area contributed by atoms with E-state index in [0.717, 1.165) is 5.56 Å². The second kappa shape index (κ2) is 3.01. The Balaban J connectivity index is 2.95. The van der Waals surface area contributed by atoms with Crippen LogP contribution >= 0.6 is 0 Å². The molecule has 0 amide bonds. The van der Waals surface area contributed by atoms with Crippen LogP contribution in [0.5, 0.6) is 5.75 Å². The summed E-state index contributed by atoms with van der Waals surface area (Å²) in [6.45, 7) is 0. The zero-order valence-corrected chi connectivity index (χ0v) is 5.78. The molecule has 0 radical (unpaired) electrons. The first kappa shape index (κ1) is 6.81. The van der Waals surface area contributed by atoms with E-state index in [0.29, 0.717) is 0 Å². The molecular formula is C8H9NO. The highest BCUT2D eigenvalue weighted by molar-refractivity contribution is 5.79. The van der Waals surface area contributed by atoms with Crippen LogP contribution in [0.15, 0.2) is 29.3 Å². The summed E-state index contributed by atoms with van der Waals surface area (Å²) in [7, 11) is 1.70. The van der Waals surface area contributed by atoms with Gasteiger partial charge < -0.3 is 5.11 Å². The quantitative estimate of drug-likeness (QED) is 0.580.